The van der Waals surface area contributed by atoms with E-state index in [4.69, 9.17) is 0 Å². The van der Waals surface area contributed by atoms with Gasteiger partial charge in [0.2, 0.25) is 0 Å². The van der Waals surface area contributed by atoms with Gasteiger partial charge in [0.25, 0.3) is 5.91 Å². The van der Waals surface area contributed by atoms with Crippen molar-refractivity contribution in [3.8, 4) is 0 Å². The van der Waals surface area contributed by atoms with Crippen molar-refractivity contribution >= 4 is 17.7 Å². The molecule has 0 aromatic rings. The zero-order chi connectivity index (χ0) is 10.1. The van der Waals surface area contributed by atoms with Gasteiger partial charge in [0, 0.05) is 31.0 Å². The molecule has 1 amide bonds. The first kappa shape index (κ1) is 10.8. The highest BCUT2D eigenvalue weighted by Crippen LogP contribution is 2.22. The molecular weight excluding hydrogens is 196 g/mol. The van der Waals surface area contributed by atoms with E-state index in [1.165, 1.54) is 4.90 Å². The predicted molar refractivity (Wildman–Crippen MR) is 49.1 cm³/mol. The summed E-state index contributed by atoms with van der Waals surface area (Å²) in [6.45, 7) is 3.48. The number of halogens is 2. The minimum absolute atomic E-state index is 0.264. The standard InChI is InChI=1S/C8H13F2NOS/c1-6-5-11(3-4-13-6)7(12)8(2,9)10/h6H,3-5H2,1-2H3. The second kappa shape index (κ2) is 3.82. The van der Waals surface area contributed by atoms with Crippen LogP contribution in [-0.2, 0) is 4.79 Å². The van der Waals surface area contributed by atoms with Crippen molar-refractivity contribution in [2.24, 2.45) is 0 Å². The summed E-state index contributed by atoms with van der Waals surface area (Å²) in [6.07, 6.45) is 0. The van der Waals surface area contributed by atoms with Crippen LogP contribution in [0.15, 0.2) is 0 Å². The van der Waals surface area contributed by atoms with E-state index in [0.29, 0.717) is 20.0 Å². The number of amides is 1. The molecule has 1 aliphatic heterocycles. The van der Waals surface area contributed by atoms with Gasteiger partial charge in [-0.15, -0.1) is 0 Å². The molecule has 0 spiro atoms. The molecule has 0 bridgehead atoms. The molecule has 1 unspecified atom stereocenters. The second-order valence-electron chi connectivity index (χ2n) is 3.32. The summed E-state index contributed by atoms with van der Waals surface area (Å²) < 4.78 is 25.3. The molecule has 1 heterocycles. The van der Waals surface area contributed by atoms with Gasteiger partial charge in [-0.1, -0.05) is 6.92 Å². The maximum absolute atomic E-state index is 12.6. The van der Waals surface area contributed by atoms with E-state index in [9.17, 15) is 13.6 Å². The lowest BCUT2D eigenvalue weighted by Crippen LogP contribution is -2.47. The molecule has 0 aliphatic carbocycles. The molecule has 5 heteroatoms. The normalized spacial score (nSPS) is 24.6. The van der Waals surface area contributed by atoms with Crippen LogP contribution in [0.3, 0.4) is 0 Å². The molecule has 76 valence electrons. The fourth-order valence-corrected chi connectivity index (χ4v) is 2.29. The van der Waals surface area contributed by atoms with Crippen LogP contribution in [0.1, 0.15) is 13.8 Å². The van der Waals surface area contributed by atoms with E-state index >= 15 is 0 Å². The average molecular weight is 209 g/mol. The predicted octanol–water partition coefficient (Wildman–Crippen LogP) is 1.61. The Hall–Kier alpha value is -0.320. The molecule has 0 aromatic heterocycles. The average Bonchev–Trinajstić information content (AvgIpc) is 2.01. The Morgan fingerprint density at radius 3 is 2.69 bits per heavy atom. The fraction of sp³-hybridized carbons (Fsp3) is 0.875. The Morgan fingerprint density at radius 2 is 2.23 bits per heavy atom. The Morgan fingerprint density at radius 1 is 1.62 bits per heavy atom. The molecule has 1 rings (SSSR count). The lowest BCUT2D eigenvalue weighted by Gasteiger charge is -2.32. The summed E-state index contributed by atoms with van der Waals surface area (Å²) in [7, 11) is 0. The Balaban J connectivity index is 2.56. The molecule has 2 nitrogen and oxygen atoms in total. The number of alkyl halides is 2. The highest BCUT2D eigenvalue weighted by atomic mass is 32.2. The van der Waals surface area contributed by atoms with Gasteiger partial charge in [-0.05, 0) is 0 Å². The van der Waals surface area contributed by atoms with Crippen molar-refractivity contribution in [3.05, 3.63) is 0 Å². The number of nitrogens with zero attached hydrogens (tertiary/aromatic N) is 1. The third kappa shape index (κ3) is 2.83. The summed E-state index contributed by atoms with van der Waals surface area (Å²) in [5.74, 6) is -3.51. The Kier molecular flexibility index (Phi) is 3.16. The van der Waals surface area contributed by atoms with Gasteiger partial charge >= 0.3 is 5.92 Å². The maximum atomic E-state index is 12.6. The van der Waals surface area contributed by atoms with E-state index in [0.717, 1.165) is 5.75 Å². The SMILES string of the molecule is CC1CN(C(=O)C(C)(F)F)CCS1. The summed E-state index contributed by atoms with van der Waals surface area (Å²) in [5, 5.41) is 0.264. The van der Waals surface area contributed by atoms with Gasteiger partial charge in [0.15, 0.2) is 0 Å². The molecule has 1 saturated heterocycles. The van der Waals surface area contributed by atoms with E-state index in [2.05, 4.69) is 0 Å². The van der Waals surface area contributed by atoms with E-state index in [1.54, 1.807) is 11.8 Å². The minimum Gasteiger partial charge on any atom is -0.336 e. The lowest BCUT2D eigenvalue weighted by molar-refractivity contribution is -0.154. The molecule has 0 radical (unpaired) electrons. The van der Waals surface area contributed by atoms with Crippen LogP contribution in [0.2, 0.25) is 0 Å². The van der Waals surface area contributed by atoms with E-state index in [-0.39, 0.29) is 5.25 Å². The molecule has 0 aromatic carbocycles. The zero-order valence-corrected chi connectivity index (χ0v) is 8.53. The van der Waals surface area contributed by atoms with Crippen molar-refractivity contribution in [2.75, 3.05) is 18.8 Å². The number of hydrogen-bond acceptors (Lipinski definition) is 2. The monoisotopic (exact) mass is 209 g/mol. The summed E-state index contributed by atoms with van der Waals surface area (Å²) >= 11 is 1.71. The van der Waals surface area contributed by atoms with Crippen LogP contribution in [-0.4, -0.2) is 40.8 Å². The second-order valence-corrected chi connectivity index (χ2v) is 4.87. The third-order valence-corrected chi connectivity index (χ3v) is 3.04. The van der Waals surface area contributed by atoms with Crippen LogP contribution in [0.5, 0.6) is 0 Å². The van der Waals surface area contributed by atoms with E-state index in [1.807, 2.05) is 6.92 Å². The maximum Gasteiger partial charge on any atom is 0.322 e. The Bertz CT molecular complexity index is 205. The quantitative estimate of drug-likeness (QED) is 0.654. The summed E-state index contributed by atoms with van der Waals surface area (Å²) in [5.41, 5.74) is 0. The van der Waals surface area contributed by atoms with Crippen LogP contribution < -0.4 is 0 Å². The third-order valence-electron chi connectivity index (χ3n) is 1.90. The number of hydrogen-bond donors (Lipinski definition) is 0. The van der Waals surface area contributed by atoms with Crippen molar-refractivity contribution in [1.82, 2.24) is 4.90 Å². The van der Waals surface area contributed by atoms with Crippen LogP contribution >= 0.6 is 11.8 Å². The highest BCUT2D eigenvalue weighted by molar-refractivity contribution is 7.99. The van der Waals surface area contributed by atoms with Gasteiger partial charge < -0.3 is 4.90 Å². The van der Waals surface area contributed by atoms with Gasteiger partial charge in [-0.2, -0.15) is 20.5 Å². The summed E-state index contributed by atoms with van der Waals surface area (Å²) in [4.78, 5) is 12.4. The first-order valence-corrected chi connectivity index (χ1v) is 5.25. The van der Waals surface area contributed by atoms with Crippen LogP contribution in [0.4, 0.5) is 8.78 Å². The summed E-state index contributed by atoms with van der Waals surface area (Å²) in [6, 6.07) is 0. The molecule has 13 heavy (non-hydrogen) atoms. The van der Waals surface area contributed by atoms with Crippen LogP contribution in [0.25, 0.3) is 0 Å². The molecule has 1 fully saturated rings. The topological polar surface area (TPSA) is 20.3 Å². The Labute approximate surface area is 80.7 Å². The molecule has 0 saturated carbocycles. The lowest BCUT2D eigenvalue weighted by atomic mass is 10.3. The fourth-order valence-electron chi connectivity index (χ4n) is 1.28. The first-order valence-electron chi connectivity index (χ1n) is 4.20. The van der Waals surface area contributed by atoms with Crippen molar-refractivity contribution in [1.29, 1.82) is 0 Å². The number of rotatable bonds is 1. The minimum atomic E-state index is -3.22. The number of thioether (sulfide) groups is 1. The van der Waals surface area contributed by atoms with Gasteiger partial charge in [-0.25, -0.2) is 0 Å². The van der Waals surface area contributed by atoms with Crippen molar-refractivity contribution < 1.29 is 13.6 Å². The molecule has 1 atom stereocenters. The molecular formula is C8H13F2NOS. The number of carbonyl (C=O) groups is 1. The van der Waals surface area contributed by atoms with Crippen LogP contribution in [0, 0.1) is 0 Å². The van der Waals surface area contributed by atoms with Gasteiger partial charge in [0.1, 0.15) is 0 Å². The number of carbonyl (C=O) groups excluding carboxylic acids is 1. The largest absolute Gasteiger partial charge is 0.336 e. The first-order chi connectivity index (χ1) is 5.91. The zero-order valence-electron chi connectivity index (χ0n) is 7.72. The van der Waals surface area contributed by atoms with E-state index < -0.39 is 11.8 Å². The smallest absolute Gasteiger partial charge is 0.322 e. The molecule has 1 aliphatic rings. The molecule has 0 N–H and O–H groups in total. The van der Waals surface area contributed by atoms with Crippen molar-refractivity contribution in [3.63, 3.8) is 0 Å². The highest BCUT2D eigenvalue weighted by Gasteiger charge is 2.37. The van der Waals surface area contributed by atoms with Gasteiger partial charge in [-0.3, -0.25) is 4.79 Å². The van der Waals surface area contributed by atoms with Crippen molar-refractivity contribution in [2.45, 2.75) is 25.0 Å². The van der Waals surface area contributed by atoms with Gasteiger partial charge in [0.05, 0.1) is 0 Å².